The van der Waals surface area contributed by atoms with Crippen molar-refractivity contribution in [3.05, 3.63) is 58.9 Å². The lowest BCUT2D eigenvalue weighted by atomic mass is 9.87. The van der Waals surface area contributed by atoms with Crippen LogP contribution in [0, 0.1) is 5.41 Å². The Hall–Kier alpha value is -3.46. The van der Waals surface area contributed by atoms with Crippen molar-refractivity contribution >= 4 is 35.9 Å². The number of hydrogen-bond donors (Lipinski definition) is 0. The third kappa shape index (κ3) is 5.93. The standard InChI is InChI=1S/C27H35N7O2Si/c1-27(2,3)25(35)21-17-34(18-36-13-14-37(4,5)6)26-24(21)31-22(15-29-26)20-16-33(12-11-30-32-28)23-10-8-7-9-19(20)23/h7-10,15-17H,11-14,18H2,1-6H3. The molecule has 10 heteroatoms. The zero-order valence-electron chi connectivity index (χ0n) is 22.5. The van der Waals surface area contributed by atoms with Gasteiger partial charge in [0.15, 0.2) is 11.4 Å². The molecule has 0 radical (unpaired) electrons. The molecule has 0 atom stereocenters. The molecule has 194 valence electrons. The van der Waals surface area contributed by atoms with Crippen molar-refractivity contribution in [2.45, 2.75) is 59.7 Å². The highest BCUT2D eigenvalue weighted by Crippen LogP contribution is 2.32. The minimum Gasteiger partial charge on any atom is -0.361 e. The highest BCUT2D eigenvalue weighted by Gasteiger charge is 2.28. The van der Waals surface area contributed by atoms with Crippen LogP contribution in [0.5, 0.6) is 0 Å². The molecule has 1 aromatic carbocycles. The normalized spacial score (nSPS) is 12.3. The zero-order chi connectivity index (χ0) is 26.8. The van der Waals surface area contributed by atoms with Gasteiger partial charge in [-0.25, -0.2) is 9.97 Å². The maximum absolute atomic E-state index is 13.4. The summed E-state index contributed by atoms with van der Waals surface area (Å²) in [5.74, 6) is 0.0154. The van der Waals surface area contributed by atoms with Gasteiger partial charge in [-0.1, -0.05) is 63.7 Å². The van der Waals surface area contributed by atoms with Crippen LogP contribution in [0.4, 0.5) is 0 Å². The quantitative estimate of drug-likeness (QED) is 0.0568. The summed E-state index contributed by atoms with van der Waals surface area (Å²) in [5, 5.41) is 4.70. The van der Waals surface area contributed by atoms with E-state index < -0.39 is 13.5 Å². The molecule has 0 aliphatic rings. The molecule has 4 rings (SSSR count). The molecular weight excluding hydrogens is 482 g/mol. The predicted molar refractivity (Wildman–Crippen MR) is 150 cm³/mol. The average molecular weight is 518 g/mol. The molecule has 0 fully saturated rings. The Kier molecular flexibility index (Phi) is 7.54. The van der Waals surface area contributed by atoms with E-state index in [0.29, 0.717) is 48.8 Å². The Bertz CT molecular complexity index is 1480. The molecule has 0 amide bonds. The van der Waals surface area contributed by atoms with Crippen LogP contribution in [0.15, 0.2) is 48.0 Å². The van der Waals surface area contributed by atoms with Gasteiger partial charge in [-0.3, -0.25) is 4.79 Å². The predicted octanol–water partition coefficient (Wildman–Crippen LogP) is 6.90. The maximum Gasteiger partial charge on any atom is 0.171 e. The minimum atomic E-state index is -1.20. The van der Waals surface area contributed by atoms with Crippen molar-refractivity contribution in [3.8, 4) is 11.3 Å². The van der Waals surface area contributed by atoms with E-state index >= 15 is 0 Å². The molecule has 0 saturated carbocycles. The number of carbonyl (C=O) groups is 1. The van der Waals surface area contributed by atoms with Crippen LogP contribution < -0.4 is 0 Å². The number of nitrogens with zero attached hydrogens (tertiary/aromatic N) is 7. The molecule has 0 aliphatic heterocycles. The molecule has 0 spiro atoms. The van der Waals surface area contributed by atoms with Gasteiger partial charge in [-0.2, -0.15) is 0 Å². The van der Waals surface area contributed by atoms with Crippen molar-refractivity contribution in [3.63, 3.8) is 0 Å². The molecular formula is C27H35N7O2Si. The van der Waals surface area contributed by atoms with Gasteiger partial charge in [0.25, 0.3) is 0 Å². The second-order valence-corrected chi connectivity index (χ2v) is 17.2. The van der Waals surface area contributed by atoms with Crippen molar-refractivity contribution in [2.75, 3.05) is 13.2 Å². The van der Waals surface area contributed by atoms with Gasteiger partial charge in [0, 0.05) is 67.0 Å². The fourth-order valence-corrected chi connectivity index (χ4v) is 4.98. The van der Waals surface area contributed by atoms with E-state index in [2.05, 4.69) is 34.2 Å². The van der Waals surface area contributed by atoms with Crippen LogP contribution in [0.2, 0.25) is 25.7 Å². The van der Waals surface area contributed by atoms with Crippen molar-refractivity contribution in [1.29, 1.82) is 0 Å². The molecule has 0 aliphatic carbocycles. The van der Waals surface area contributed by atoms with Gasteiger partial charge in [0.1, 0.15) is 12.2 Å². The third-order valence-electron chi connectivity index (χ3n) is 6.29. The molecule has 4 aromatic rings. The first kappa shape index (κ1) is 26.6. The van der Waals surface area contributed by atoms with Gasteiger partial charge in [-0.05, 0) is 17.6 Å². The number of aromatic nitrogens is 4. The molecule has 0 bridgehead atoms. The Labute approximate surface area is 218 Å². The number of para-hydroxylation sites is 1. The lowest BCUT2D eigenvalue weighted by molar-refractivity contribution is 0.0849. The summed E-state index contributed by atoms with van der Waals surface area (Å²) >= 11 is 0. The summed E-state index contributed by atoms with van der Waals surface area (Å²) in [6.07, 6.45) is 5.60. The van der Waals surface area contributed by atoms with Gasteiger partial charge < -0.3 is 13.9 Å². The fourth-order valence-electron chi connectivity index (χ4n) is 4.22. The summed E-state index contributed by atoms with van der Waals surface area (Å²) < 4.78 is 9.93. The van der Waals surface area contributed by atoms with Gasteiger partial charge in [0.05, 0.1) is 17.5 Å². The van der Waals surface area contributed by atoms with E-state index in [-0.39, 0.29) is 5.78 Å². The van der Waals surface area contributed by atoms with Crippen molar-refractivity contribution in [1.82, 2.24) is 19.1 Å². The van der Waals surface area contributed by atoms with Crippen LogP contribution >= 0.6 is 0 Å². The van der Waals surface area contributed by atoms with E-state index in [4.69, 9.17) is 20.2 Å². The number of ketones is 1. The molecule has 0 unspecified atom stereocenters. The number of Topliss-reactive ketones (excluding diaryl/α,β-unsaturated/α-hetero) is 1. The molecule has 3 heterocycles. The molecule has 37 heavy (non-hydrogen) atoms. The van der Waals surface area contributed by atoms with E-state index in [1.807, 2.05) is 62.0 Å². The summed E-state index contributed by atoms with van der Waals surface area (Å²) in [6.45, 7) is 14.6. The van der Waals surface area contributed by atoms with Crippen LogP contribution in [0.3, 0.4) is 0 Å². The second-order valence-electron chi connectivity index (χ2n) is 11.6. The summed E-state index contributed by atoms with van der Waals surface area (Å²) in [7, 11) is -1.20. The fraction of sp³-hybridized carbons (Fsp3) is 0.444. The minimum absolute atomic E-state index is 0.0154. The van der Waals surface area contributed by atoms with Gasteiger partial charge in [0.2, 0.25) is 0 Å². The third-order valence-corrected chi connectivity index (χ3v) is 7.99. The largest absolute Gasteiger partial charge is 0.361 e. The highest BCUT2D eigenvalue weighted by molar-refractivity contribution is 6.76. The highest BCUT2D eigenvalue weighted by atomic mass is 28.3. The SMILES string of the molecule is CC(C)(C)C(=O)c1cn(COCC[Si](C)(C)C)c2ncc(-c3cn(CCN=[N+]=[N-])c4ccccc34)nc12. The molecule has 0 N–H and O–H groups in total. The zero-order valence-corrected chi connectivity index (χ0v) is 23.5. The van der Waals surface area contributed by atoms with Crippen molar-refractivity contribution in [2.24, 2.45) is 10.5 Å². The lowest BCUT2D eigenvalue weighted by Gasteiger charge is -2.16. The topological polar surface area (TPSA) is 111 Å². The molecule has 3 aromatic heterocycles. The lowest BCUT2D eigenvalue weighted by Crippen LogP contribution is -2.22. The molecule has 0 saturated heterocycles. The number of carbonyl (C=O) groups excluding carboxylic acids is 1. The molecule has 9 nitrogen and oxygen atoms in total. The Morgan fingerprint density at radius 3 is 2.62 bits per heavy atom. The van der Waals surface area contributed by atoms with E-state index in [1.54, 1.807) is 6.20 Å². The maximum atomic E-state index is 13.4. The van der Waals surface area contributed by atoms with Crippen LogP contribution in [0.1, 0.15) is 31.1 Å². The first-order chi connectivity index (χ1) is 17.5. The van der Waals surface area contributed by atoms with Crippen LogP contribution in [-0.2, 0) is 18.0 Å². The number of rotatable bonds is 10. The summed E-state index contributed by atoms with van der Waals surface area (Å²) in [5.41, 5.74) is 12.5. The first-order valence-corrected chi connectivity index (χ1v) is 16.3. The van der Waals surface area contributed by atoms with E-state index in [9.17, 15) is 4.79 Å². The smallest absolute Gasteiger partial charge is 0.171 e. The number of benzene rings is 1. The van der Waals surface area contributed by atoms with Crippen LogP contribution in [0.25, 0.3) is 43.8 Å². The van der Waals surface area contributed by atoms with Gasteiger partial charge in [-0.15, -0.1) is 0 Å². The Morgan fingerprint density at radius 1 is 1.16 bits per heavy atom. The van der Waals surface area contributed by atoms with E-state index in [0.717, 1.165) is 22.5 Å². The number of azide groups is 1. The number of ether oxygens (including phenoxy) is 1. The van der Waals surface area contributed by atoms with E-state index in [1.165, 1.54) is 0 Å². The average Bonchev–Trinajstić information content (AvgIpc) is 3.39. The second kappa shape index (κ2) is 10.5. The van der Waals surface area contributed by atoms with Crippen molar-refractivity contribution < 1.29 is 9.53 Å². The number of fused-ring (bicyclic) bond motifs is 2. The monoisotopic (exact) mass is 517 g/mol. The number of hydrogen-bond acceptors (Lipinski definition) is 5. The summed E-state index contributed by atoms with van der Waals surface area (Å²) in [4.78, 5) is 26.0. The summed E-state index contributed by atoms with van der Waals surface area (Å²) in [6, 6.07) is 9.11. The Morgan fingerprint density at radius 2 is 1.92 bits per heavy atom. The Balaban J connectivity index is 1.77. The first-order valence-electron chi connectivity index (χ1n) is 12.6. The van der Waals surface area contributed by atoms with Gasteiger partial charge >= 0.3 is 0 Å². The van der Waals surface area contributed by atoms with Crippen LogP contribution in [-0.4, -0.2) is 46.1 Å².